The normalized spacial score (nSPS) is 13.6. The molecule has 0 atom stereocenters. The molecule has 1 saturated heterocycles. The van der Waals surface area contributed by atoms with E-state index in [0.29, 0.717) is 48.1 Å². The summed E-state index contributed by atoms with van der Waals surface area (Å²) in [5.41, 5.74) is 4.17. The summed E-state index contributed by atoms with van der Waals surface area (Å²) in [6.07, 6.45) is 9.16. The molecule has 0 aliphatic carbocycles. The largest absolute Gasteiger partial charge is 0.379 e. The number of morpholine rings is 1. The number of amides is 3. The summed E-state index contributed by atoms with van der Waals surface area (Å²) in [6.45, 7) is 4.42. The molecule has 4 aromatic rings. The van der Waals surface area contributed by atoms with Crippen LogP contribution in [0.4, 0.5) is 17.1 Å². The van der Waals surface area contributed by atoms with Crippen molar-refractivity contribution >= 4 is 40.9 Å². The van der Waals surface area contributed by atoms with Gasteiger partial charge in [-0.2, -0.15) is 0 Å². The molecule has 1 aliphatic rings. The van der Waals surface area contributed by atoms with Crippen LogP contribution in [-0.2, 0) is 25.9 Å². The second-order valence-corrected chi connectivity index (χ2v) is 10.7. The number of hydrogen-bond acceptors (Lipinski definition) is 6. The van der Waals surface area contributed by atoms with Crippen molar-refractivity contribution in [2.75, 3.05) is 55.3 Å². The maximum Gasteiger partial charge on any atom is 0.272 e. The van der Waals surface area contributed by atoms with Crippen molar-refractivity contribution in [1.82, 2.24) is 23.9 Å². The standard InChI is InChI=1S/C32H38N8O4/c1-37-13-4-5-27(37)10-11-33-24-8-6-23(7-9-24)30(41)35-25-20-29(39(3)21-25)32(43)36-26-19-28(38(2)22-26)31(42)34-12-14-40-15-17-44-18-16-40/h4-11,13,19-22,33H,12,14-18H2,1-3H3,(H,34,42)(H,35,41)(H,36,43)/b11-10+. The Bertz CT molecular complexity index is 1640. The lowest BCUT2D eigenvalue weighted by atomic mass is 10.2. The molecule has 0 bridgehead atoms. The van der Waals surface area contributed by atoms with Gasteiger partial charge < -0.3 is 39.7 Å². The van der Waals surface area contributed by atoms with Crippen LogP contribution in [0.25, 0.3) is 6.08 Å². The van der Waals surface area contributed by atoms with Crippen LogP contribution in [0.3, 0.4) is 0 Å². The number of rotatable bonds is 11. The summed E-state index contributed by atoms with van der Waals surface area (Å²) in [4.78, 5) is 40.9. The average molecular weight is 599 g/mol. The molecule has 12 heteroatoms. The van der Waals surface area contributed by atoms with Gasteiger partial charge in [0.2, 0.25) is 0 Å². The Hall–Kier alpha value is -5.07. The van der Waals surface area contributed by atoms with Crippen molar-refractivity contribution in [2.24, 2.45) is 21.1 Å². The molecule has 4 N–H and O–H groups in total. The van der Waals surface area contributed by atoms with E-state index in [2.05, 4.69) is 26.2 Å². The van der Waals surface area contributed by atoms with E-state index >= 15 is 0 Å². The van der Waals surface area contributed by atoms with Crippen LogP contribution in [0.5, 0.6) is 0 Å². The highest BCUT2D eigenvalue weighted by atomic mass is 16.5. The molecule has 230 valence electrons. The molecule has 44 heavy (non-hydrogen) atoms. The number of carbonyl (C=O) groups is 3. The molecule has 0 unspecified atom stereocenters. The van der Waals surface area contributed by atoms with E-state index in [0.717, 1.165) is 31.0 Å². The molecule has 1 fully saturated rings. The van der Waals surface area contributed by atoms with Gasteiger partial charge >= 0.3 is 0 Å². The van der Waals surface area contributed by atoms with Gasteiger partial charge in [-0.25, -0.2) is 0 Å². The van der Waals surface area contributed by atoms with E-state index < -0.39 is 0 Å². The van der Waals surface area contributed by atoms with Crippen molar-refractivity contribution < 1.29 is 19.1 Å². The van der Waals surface area contributed by atoms with E-state index in [1.807, 2.05) is 54.4 Å². The minimum absolute atomic E-state index is 0.211. The number of anilines is 3. The summed E-state index contributed by atoms with van der Waals surface area (Å²) >= 11 is 0. The maximum absolute atomic E-state index is 13.1. The number of aromatic nitrogens is 3. The van der Waals surface area contributed by atoms with Crippen molar-refractivity contribution in [3.8, 4) is 0 Å². The molecule has 3 aromatic heterocycles. The topological polar surface area (TPSA) is 127 Å². The average Bonchev–Trinajstić information content (AvgIpc) is 3.71. The molecular weight excluding hydrogens is 560 g/mol. The van der Waals surface area contributed by atoms with Gasteiger partial charge in [-0.15, -0.1) is 0 Å². The number of nitrogens with one attached hydrogen (secondary N) is 4. The molecule has 0 spiro atoms. The summed E-state index contributed by atoms with van der Waals surface area (Å²) in [7, 11) is 5.46. The Labute approximate surface area is 256 Å². The van der Waals surface area contributed by atoms with Gasteiger partial charge in [0.1, 0.15) is 11.4 Å². The van der Waals surface area contributed by atoms with Crippen molar-refractivity contribution in [2.45, 2.75) is 0 Å². The molecule has 1 aliphatic heterocycles. The first kappa shape index (κ1) is 30.4. The van der Waals surface area contributed by atoms with Crippen LogP contribution in [0, 0.1) is 0 Å². The lowest BCUT2D eigenvalue weighted by Gasteiger charge is -2.26. The van der Waals surface area contributed by atoms with Gasteiger partial charge in [-0.1, -0.05) is 0 Å². The Morgan fingerprint density at radius 1 is 0.795 bits per heavy atom. The molecule has 4 heterocycles. The first-order valence-electron chi connectivity index (χ1n) is 14.4. The summed E-state index contributed by atoms with van der Waals surface area (Å²) in [6, 6.07) is 14.4. The first-order chi connectivity index (χ1) is 21.3. The van der Waals surface area contributed by atoms with E-state index in [-0.39, 0.29) is 17.7 Å². The lowest BCUT2D eigenvalue weighted by Crippen LogP contribution is -2.41. The van der Waals surface area contributed by atoms with Crippen LogP contribution < -0.4 is 21.3 Å². The number of benzene rings is 1. The summed E-state index contributed by atoms with van der Waals surface area (Å²) < 4.78 is 10.7. The van der Waals surface area contributed by atoms with Crippen LogP contribution >= 0.6 is 0 Å². The summed E-state index contributed by atoms with van der Waals surface area (Å²) in [5, 5.41) is 11.8. The van der Waals surface area contributed by atoms with Gasteiger partial charge in [0, 0.05) is 89.1 Å². The minimum atomic E-state index is -0.364. The predicted molar refractivity (Wildman–Crippen MR) is 171 cm³/mol. The number of aryl methyl sites for hydroxylation is 3. The number of carbonyl (C=O) groups excluding carboxylic acids is 3. The van der Waals surface area contributed by atoms with Gasteiger partial charge in [0.15, 0.2) is 0 Å². The molecule has 0 saturated carbocycles. The Morgan fingerprint density at radius 2 is 1.43 bits per heavy atom. The summed E-state index contributed by atoms with van der Waals surface area (Å²) in [5.74, 6) is -0.866. The second kappa shape index (κ2) is 13.9. The zero-order valence-electron chi connectivity index (χ0n) is 25.2. The number of ether oxygens (including phenoxy) is 1. The zero-order chi connectivity index (χ0) is 31.1. The Kier molecular flexibility index (Phi) is 9.62. The lowest BCUT2D eigenvalue weighted by molar-refractivity contribution is 0.0383. The molecule has 0 radical (unpaired) electrons. The molecule has 12 nitrogen and oxygen atoms in total. The SMILES string of the molecule is Cn1cccc1/C=C/Nc1ccc(C(=O)Nc2cc(C(=O)Nc3cc(C(=O)NCCN4CCOCC4)n(C)c3)n(C)c2)cc1. The van der Waals surface area contributed by atoms with E-state index in [9.17, 15) is 14.4 Å². The zero-order valence-corrected chi connectivity index (χ0v) is 25.2. The minimum Gasteiger partial charge on any atom is -0.379 e. The third kappa shape index (κ3) is 7.65. The van der Waals surface area contributed by atoms with Gasteiger partial charge in [0.05, 0.1) is 24.6 Å². The number of hydrogen-bond donors (Lipinski definition) is 4. The molecule has 3 amide bonds. The van der Waals surface area contributed by atoms with Crippen molar-refractivity contribution in [1.29, 1.82) is 0 Å². The Balaban J connectivity index is 1.13. The fourth-order valence-corrected chi connectivity index (χ4v) is 4.95. The predicted octanol–water partition coefficient (Wildman–Crippen LogP) is 3.35. The number of nitrogens with zero attached hydrogens (tertiary/aromatic N) is 4. The van der Waals surface area contributed by atoms with E-state index in [1.54, 1.807) is 59.9 Å². The quantitative estimate of drug-likeness (QED) is 0.210. The van der Waals surface area contributed by atoms with Gasteiger partial charge in [-0.3, -0.25) is 19.3 Å². The maximum atomic E-state index is 13.1. The van der Waals surface area contributed by atoms with E-state index in [1.165, 1.54) is 0 Å². The fraction of sp³-hybridized carbons (Fsp3) is 0.281. The molecular formula is C32H38N8O4. The third-order valence-corrected chi connectivity index (χ3v) is 7.44. The van der Waals surface area contributed by atoms with E-state index in [4.69, 9.17) is 4.74 Å². The van der Waals surface area contributed by atoms with Crippen LogP contribution in [0.15, 0.2) is 73.3 Å². The second-order valence-electron chi connectivity index (χ2n) is 10.7. The van der Waals surface area contributed by atoms with Crippen molar-refractivity contribution in [3.05, 3.63) is 96.0 Å². The highest BCUT2D eigenvalue weighted by molar-refractivity contribution is 6.07. The first-order valence-corrected chi connectivity index (χ1v) is 14.4. The monoisotopic (exact) mass is 598 g/mol. The van der Waals surface area contributed by atoms with Gasteiger partial charge in [0.25, 0.3) is 17.7 Å². The van der Waals surface area contributed by atoms with Crippen molar-refractivity contribution in [3.63, 3.8) is 0 Å². The fourth-order valence-electron chi connectivity index (χ4n) is 4.95. The van der Waals surface area contributed by atoms with Crippen LogP contribution in [0.1, 0.15) is 37.0 Å². The molecule has 1 aromatic carbocycles. The third-order valence-electron chi connectivity index (χ3n) is 7.44. The Morgan fingerprint density at radius 3 is 2.07 bits per heavy atom. The van der Waals surface area contributed by atoms with Crippen LogP contribution in [0.2, 0.25) is 0 Å². The smallest absolute Gasteiger partial charge is 0.272 e. The van der Waals surface area contributed by atoms with Gasteiger partial charge in [-0.05, 0) is 54.6 Å². The highest BCUT2D eigenvalue weighted by Crippen LogP contribution is 2.19. The molecule has 5 rings (SSSR count). The van der Waals surface area contributed by atoms with Crippen LogP contribution in [-0.4, -0.2) is 75.7 Å². The highest BCUT2D eigenvalue weighted by Gasteiger charge is 2.18.